The molecule has 0 spiro atoms. The molecule has 3 aromatic heterocycles. The Morgan fingerprint density at radius 2 is 1.87 bits per heavy atom. The molecule has 0 radical (unpaired) electrons. The van der Waals surface area contributed by atoms with Crippen LogP contribution in [0.5, 0.6) is 11.5 Å². The van der Waals surface area contributed by atoms with Gasteiger partial charge in [0.1, 0.15) is 11.8 Å². The largest absolute Gasteiger partial charge is 0.468 e. The van der Waals surface area contributed by atoms with Crippen molar-refractivity contribution in [2.24, 2.45) is 0 Å². The maximum absolute atomic E-state index is 13.8. The molecule has 0 saturated carbocycles. The van der Waals surface area contributed by atoms with Crippen molar-refractivity contribution >= 4 is 22.5 Å². The predicted molar refractivity (Wildman–Crippen MR) is 145 cm³/mol. The van der Waals surface area contributed by atoms with Crippen molar-refractivity contribution in [2.45, 2.75) is 45.4 Å². The van der Waals surface area contributed by atoms with E-state index in [9.17, 15) is 4.79 Å². The Kier molecular flexibility index (Phi) is 6.36. The molecule has 4 heterocycles. The van der Waals surface area contributed by atoms with Crippen molar-refractivity contribution in [3.63, 3.8) is 0 Å². The minimum atomic E-state index is -0.654. The van der Waals surface area contributed by atoms with Gasteiger partial charge >= 0.3 is 0 Å². The van der Waals surface area contributed by atoms with Gasteiger partial charge < -0.3 is 18.9 Å². The van der Waals surface area contributed by atoms with Crippen molar-refractivity contribution in [1.29, 1.82) is 0 Å². The van der Waals surface area contributed by atoms with Crippen molar-refractivity contribution in [1.82, 2.24) is 30.1 Å². The number of aromatic nitrogens is 5. The number of halogens is 1. The molecule has 11 heteroatoms. The third-order valence-electron chi connectivity index (χ3n) is 6.67. The van der Waals surface area contributed by atoms with Crippen LogP contribution >= 0.6 is 11.6 Å². The van der Waals surface area contributed by atoms with E-state index in [0.29, 0.717) is 46.5 Å². The zero-order chi connectivity index (χ0) is 27.1. The fourth-order valence-corrected chi connectivity index (χ4v) is 5.04. The molecular formula is C28H27ClN6O4. The van der Waals surface area contributed by atoms with E-state index in [4.69, 9.17) is 25.5 Å². The Balaban J connectivity index is 1.56. The van der Waals surface area contributed by atoms with Gasteiger partial charge in [-0.25, -0.2) is 4.68 Å². The lowest BCUT2D eigenvalue weighted by Gasteiger charge is -2.32. The lowest BCUT2D eigenvalue weighted by molar-refractivity contribution is 0.171. The van der Waals surface area contributed by atoms with E-state index in [1.54, 1.807) is 17.0 Å². The molecule has 6 rings (SSSR count). The number of H-pyrrole nitrogens is 1. The highest BCUT2D eigenvalue weighted by Gasteiger charge is 2.34. The molecule has 0 bridgehead atoms. The maximum atomic E-state index is 13.8. The number of aromatic amines is 1. The van der Waals surface area contributed by atoms with Gasteiger partial charge in [-0.3, -0.25) is 9.69 Å². The quantitative estimate of drug-likeness (QED) is 0.302. The van der Waals surface area contributed by atoms with Crippen LogP contribution in [0.1, 0.15) is 49.5 Å². The number of fused-ring (bicyclic) bond motifs is 2. The summed E-state index contributed by atoms with van der Waals surface area (Å²) in [6.07, 6.45) is 1.63. The molecule has 200 valence electrons. The summed E-state index contributed by atoms with van der Waals surface area (Å²) < 4.78 is 18.6. The number of hydrogen-bond donors (Lipinski definition) is 1. The van der Waals surface area contributed by atoms with Crippen LogP contribution in [0.25, 0.3) is 10.9 Å². The van der Waals surface area contributed by atoms with Gasteiger partial charge in [0.05, 0.1) is 23.9 Å². The molecule has 2 aromatic carbocycles. The number of nitrogens with zero attached hydrogens (tertiary/aromatic N) is 5. The first-order chi connectivity index (χ1) is 18.8. The number of nitrogens with one attached hydrogen (secondary N) is 1. The second kappa shape index (κ2) is 9.87. The van der Waals surface area contributed by atoms with E-state index in [0.717, 1.165) is 16.7 Å². The van der Waals surface area contributed by atoms with E-state index in [1.165, 1.54) is 0 Å². The van der Waals surface area contributed by atoms with Crippen LogP contribution in [0.2, 0.25) is 5.02 Å². The molecule has 0 amide bonds. The number of tetrazole rings is 1. The van der Waals surface area contributed by atoms with Gasteiger partial charge in [0.25, 0.3) is 5.56 Å². The number of furan rings is 1. The molecule has 1 N–H and O–H groups in total. The zero-order valence-corrected chi connectivity index (χ0v) is 22.5. The highest BCUT2D eigenvalue weighted by molar-refractivity contribution is 6.31. The lowest BCUT2D eigenvalue weighted by atomic mass is 10.0. The monoisotopic (exact) mass is 546 g/mol. The first kappa shape index (κ1) is 25.1. The van der Waals surface area contributed by atoms with Crippen molar-refractivity contribution in [3.8, 4) is 11.5 Å². The lowest BCUT2D eigenvalue weighted by Crippen LogP contribution is -2.37. The fraction of sp³-hybridized carbons (Fsp3) is 0.286. The molecule has 5 aromatic rings. The van der Waals surface area contributed by atoms with Crippen LogP contribution in [0.15, 0.2) is 70.1 Å². The minimum absolute atomic E-state index is 0.139. The van der Waals surface area contributed by atoms with Gasteiger partial charge in [-0.2, -0.15) is 0 Å². The van der Waals surface area contributed by atoms with Crippen molar-refractivity contribution < 1.29 is 13.9 Å². The summed E-state index contributed by atoms with van der Waals surface area (Å²) in [4.78, 5) is 18.9. The Labute approximate surface area is 229 Å². The second-order valence-corrected chi connectivity index (χ2v) is 10.9. The van der Waals surface area contributed by atoms with Gasteiger partial charge in [0.2, 0.25) is 6.79 Å². The van der Waals surface area contributed by atoms with E-state index >= 15 is 0 Å². The van der Waals surface area contributed by atoms with Crippen molar-refractivity contribution in [2.75, 3.05) is 6.79 Å². The van der Waals surface area contributed by atoms with Gasteiger partial charge in [-0.1, -0.05) is 29.8 Å². The second-order valence-electron chi connectivity index (χ2n) is 10.4. The summed E-state index contributed by atoms with van der Waals surface area (Å²) >= 11 is 6.60. The molecular weight excluding hydrogens is 520 g/mol. The summed E-state index contributed by atoms with van der Waals surface area (Å²) in [5.41, 5.74) is 1.30. The maximum Gasteiger partial charge on any atom is 0.253 e. The summed E-state index contributed by atoms with van der Waals surface area (Å²) in [5.74, 6) is 2.46. The predicted octanol–water partition coefficient (Wildman–Crippen LogP) is 5.04. The summed E-state index contributed by atoms with van der Waals surface area (Å²) in [6.45, 7) is 6.96. The molecule has 1 atom stereocenters. The Hall–Kier alpha value is -4.15. The molecule has 10 nitrogen and oxygen atoms in total. The third kappa shape index (κ3) is 4.88. The number of ether oxygens (including phenoxy) is 2. The fourth-order valence-electron chi connectivity index (χ4n) is 4.84. The molecule has 0 saturated heterocycles. The molecule has 0 fully saturated rings. The van der Waals surface area contributed by atoms with E-state index in [1.807, 2.05) is 69.3 Å². The molecule has 39 heavy (non-hydrogen) atoms. The third-order valence-corrected chi connectivity index (χ3v) is 7.04. The Bertz CT molecular complexity index is 1690. The Morgan fingerprint density at radius 3 is 2.62 bits per heavy atom. The van der Waals surface area contributed by atoms with E-state index < -0.39 is 11.6 Å². The molecule has 1 aliphatic rings. The normalized spacial score (nSPS) is 13.9. The number of pyridine rings is 1. The van der Waals surface area contributed by atoms with Gasteiger partial charge in [-0.05, 0) is 67.1 Å². The van der Waals surface area contributed by atoms with Crippen LogP contribution in [0, 0.1) is 0 Å². The average Bonchev–Trinajstić information content (AvgIpc) is 3.66. The number of hydrogen-bond acceptors (Lipinski definition) is 8. The molecule has 0 unspecified atom stereocenters. The highest BCUT2D eigenvalue weighted by atomic mass is 35.5. The highest BCUT2D eigenvalue weighted by Crippen LogP contribution is 2.37. The molecule has 1 aliphatic heterocycles. The summed E-state index contributed by atoms with van der Waals surface area (Å²) in [6, 6.07) is 16.2. The van der Waals surface area contributed by atoms with E-state index in [2.05, 4.69) is 25.4 Å². The number of rotatable bonds is 7. The van der Waals surface area contributed by atoms with Crippen LogP contribution < -0.4 is 15.0 Å². The van der Waals surface area contributed by atoms with Gasteiger partial charge in [0.15, 0.2) is 17.3 Å². The topological polar surface area (TPSA) is 111 Å². The SMILES string of the molecule is CC(C)(C)n1nnnc1[C@@H](c1cc2cc3c(cc2[nH]c1=O)OCO3)N(Cc1ccco1)Cc1ccccc1Cl. The number of benzene rings is 2. The van der Waals surface area contributed by atoms with Crippen molar-refractivity contribution in [3.05, 3.63) is 98.9 Å². The van der Waals surface area contributed by atoms with Crippen LogP contribution in [-0.4, -0.2) is 36.9 Å². The smallest absolute Gasteiger partial charge is 0.253 e. The minimum Gasteiger partial charge on any atom is -0.468 e. The first-order valence-electron chi connectivity index (χ1n) is 12.5. The van der Waals surface area contributed by atoms with Gasteiger partial charge in [0, 0.05) is 28.6 Å². The van der Waals surface area contributed by atoms with Crippen LogP contribution in [0.4, 0.5) is 0 Å². The van der Waals surface area contributed by atoms with Gasteiger partial charge in [-0.15, -0.1) is 5.10 Å². The molecule has 0 aliphatic carbocycles. The zero-order valence-electron chi connectivity index (χ0n) is 21.7. The van der Waals surface area contributed by atoms with Crippen LogP contribution in [0.3, 0.4) is 0 Å². The van der Waals surface area contributed by atoms with Crippen LogP contribution in [-0.2, 0) is 18.6 Å². The standard InChI is InChI=1S/C28H27ClN6O4/c1-28(2,3)35-26(31-32-33-35)25(20-11-18-12-23-24(39-16-38-23)13-22(18)30-27(20)36)34(15-19-8-6-10-37-19)14-17-7-4-5-9-21(17)29/h4-13,25H,14-16H2,1-3H3,(H,30,36)/t25-/m1/s1. The average molecular weight is 547 g/mol. The van der Waals surface area contributed by atoms with E-state index in [-0.39, 0.29) is 12.4 Å². The summed E-state index contributed by atoms with van der Waals surface area (Å²) in [5, 5.41) is 14.2. The first-order valence-corrected chi connectivity index (χ1v) is 12.9. The Morgan fingerprint density at radius 1 is 1.08 bits per heavy atom. The summed E-state index contributed by atoms with van der Waals surface area (Å²) in [7, 11) is 0.